The Morgan fingerprint density at radius 2 is 1.52 bits per heavy atom. The lowest BCUT2D eigenvalue weighted by Gasteiger charge is -2.24. The van der Waals surface area contributed by atoms with Crippen molar-refractivity contribution in [3.8, 4) is 0 Å². The van der Waals surface area contributed by atoms with Gasteiger partial charge < -0.3 is 37.6 Å². The fraction of sp³-hybridized carbons (Fsp3) is 0.310. The molecule has 2 aliphatic rings. The van der Waals surface area contributed by atoms with Gasteiger partial charge in [0.2, 0.25) is 17.7 Å². The molecule has 4 aromatic rings. The van der Waals surface area contributed by atoms with Crippen LogP contribution < -0.4 is 37.6 Å². The summed E-state index contributed by atoms with van der Waals surface area (Å²) in [7, 11) is -4.17. The summed E-state index contributed by atoms with van der Waals surface area (Å²) in [4.78, 5) is 67.7. The van der Waals surface area contributed by atoms with Gasteiger partial charge in [-0.1, -0.05) is 60.7 Å². The molecule has 0 spiro atoms. The van der Waals surface area contributed by atoms with Crippen LogP contribution in [0.1, 0.15) is 59.3 Å². The Bertz CT molecular complexity index is 2240. The number of carbonyl (C=O) groups excluding carboxylic acids is 5. The van der Waals surface area contributed by atoms with E-state index >= 15 is 0 Å². The van der Waals surface area contributed by atoms with Gasteiger partial charge in [0.1, 0.15) is 12.1 Å². The lowest BCUT2D eigenvalue weighted by molar-refractivity contribution is -0.131. The van der Waals surface area contributed by atoms with Crippen molar-refractivity contribution in [2.45, 2.75) is 68.1 Å². The Kier molecular flexibility index (Phi) is 13.2. The lowest BCUT2D eigenvalue weighted by atomic mass is 10.0. The maximum Gasteiger partial charge on any atom is 0.331 e. The molecule has 0 saturated carbocycles. The normalized spacial score (nSPS) is 16.5. The van der Waals surface area contributed by atoms with Crippen molar-refractivity contribution in [3.63, 3.8) is 0 Å². The molecule has 304 valence electrons. The number of nitrogens with two attached hydrogens (primary N) is 2. The average molecular weight is 809 g/mol. The molecule has 4 aromatic carbocycles. The number of fused-ring (bicyclic) bond motifs is 1. The van der Waals surface area contributed by atoms with Gasteiger partial charge in [-0.2, -0.15) is 0 Å². The number of nitrogens with zero attached hydrogens (tertiary/aromatic N) is 2. The molecule has 1 saturated heterocycles. The van der Waals surface area contributed by atoms with Crippen molar-refractivity contribution in [2.24, 2.45) is 11.5 Å². The summed E-state index contributed by atoms with van der Waals surface area (Å²) in [5.74, 6) is -1.85. The highest BCUT2D eigenvalue weighted by molar-refractivity contribution is 7.89. The van der Waals surface area contributed by atoms with Gasteiger partial charge in [0.05, 0.1) is 23.5 Å². The van der Waals surface area contributed by atoms with Crippen LogP contribution >= 0.6 is 0 Å². The zero-order chi connectivity index (χ0) is 41.4. The highest BCUT2D eigenvalue weighted by atomic mass is 32.2. The van der Waals surface area contributed by atoms with Crippen molar-refractivity contribution in [1.29, 1.82) is 0 Å². The van der Waals surface area contributed by atoms with E-state index in [1.165, 1.54) is 19.1 Å². The molecule has 4 atom stereocenters. The monoisotopic (exact) mass is 808 g/mol. The second-order valence-corrected chi connectivity index (χ2v) is 16.3. The molecule has 0 radical (unpaired) electrons. The largest absolute Gasteiger partial charge is 0.343 e. The first-order valence-corrected chi connectivity index (χ1v) is 20.6. The first-order chi connectivity index (χ1) is 27.8. The molecule has 0 aliphatic carbocycles. The van der Waals surface area contributed by atoms with E-state index in [2.05, 4.69) is 21.3 Å². The van der Waals surface area contributed by atoms with Gasteiger partial charge in [0.25, 0.3) is 15.9 Å². The van der Waals surface area contributed by atoms with E-state index in [-0.39, 0.29) is 23.8 Å². The second-order valence-electron chi connectivity index (χ2n) is 14.4. The minimum atomic E-state index is -4.17. The van der Waals surface area contributed by atoms with E-state index in [0.717, 1.165) is 15.4 Å². The molecular formula is C42H48N8O7S. The minimum absolute atomic E-state index is 0.0383. The van der Waals surface area contributed by atoms with Crippen LogP contribution in [0.3, 0.4) is 0 Å². The number of benzene rings is 4. The van der Waals surface area contributed by atoms with Gasteiger partial charge in [-0.3, -0.25) is 19.2 Å². The van der Waals surface area contributed by atoms with Gasteiger partial charge in [0, 0.05) is 29.9 Å². The van der Waals surface area contributed by atoms with E-state index in [9.17, 15) is 32.4 Å². The summed E-state index contributed by atoms with van der Waals surface area (Å²) in [6, 6.07) is 25.2. The highest BCUT2D eigenvalue weighted by Gasteiger charge is 2.39. The van der Waals surface area contributed by atoms with Crippen molar-refractivity contribution in [1.82, 2.24) is 20.3 Å². The van der Waals surface area contributed by atoms with Gasteiger partial charge in [-0.25, -0.2) is 17.5 Å². The fourth-order valence-corrected chi connectivity index (χ4v) is 8.35. The first-order valence-electron chi connectivity index (χ1n) is 19.2. The van der Waals surface area contributed by atoms with Crippen LogP contribution in [0.5, 0.6) is 0 Å². The maximum atomic E-state index is 13.7. The van der Waals surface area contributed by atoms with Crippen LogP contribution in [-0.4, -0.2) is 80.1 Å². The molecule has 58 heavy (non-hydrogen) atoms. The quantitative estimate of drug-likeness (QED) is 0.0914. The summed E-state index contributed by atoms with van der Waals surface area (Å²) in [5.41, 5.74) is 15.0. The third-order valence-corrected chi connectivity index (χ3v) is 11.9. The number of nitrogens with one attached hydrogen (secondary N) is 4. The molecular weight excluding hydrogens is 761 g/mol. The third-order valence-electron chi connectivity index (χ3n) is 10.2. The van der Waals surface area contributed by atoms with E-state index in [4.69, 9.17) is 11.5 Å². The summed E-state index contributed by atoms with van der Waals surface area (Å²) in [6.07, 6.45) is 2.08. The van der Waals surface area contributed by atoms with Crippen LogP contribution in [0, 0.1) is 0 Å². The number of anilines is 2. The molecule has 2 aliphatic heterocycles. The number of hydrogen-bond acceptors (Lipinski definition) is 9. The topological polar surface area (TPSA) is 226 Å². The standard InChI is InChI=1S/C42H48N8O7S/c1-27(44)38(51)47-35(24-28-10-4-2-5-11-28)40(53)46-34(14-8-9-22-43)39(52)45-32-17-15-30(16-18-32)41(54)49-23-21-31-25-33(19-20-37(31)49)58(56,57)50-26-36(48-42(50)55)29-12-6-3-7-13-29/h2-7,10-13,15-20,25,27,34-36H,8-9,14,21-24,26,43-44H2,1H3,(H,45,52)(H,46,53)(H,47,51)(H,48,55)/t27?,34-,35?,36-/m1/s1. The summed E-state index contributed by atoms with van der Waals surface area (Å²) in [6.45, 7) is 2.20. The number of sulfonamides is 1. The summed E-state index contributed by atoms with van der Waals surface area (Å²) < 4.78 is 28.0. The van der Waals surface area contributed by atoms with Crippen LogP contribution in [-0.2, 0) is 37.2 Å². The Labute approximate surface area is 337 Å². The van der Waals surface area contributed by atoms with Gasteiger partial charge in [-0.05, 0) is 98.3 Å². The number of rotatable bonds is 16. The van der Waals surface area contributed by atoms with E-state index in [0.29, 0.717) is 61.3 Å². The molecule has 8 N–H and O–H groups in total. The molecule has 6 amide bonds. The molecule has 16 heteroatoms. The van der Waals surface area contributed by atoms with Gasteiger partial charge in [-0.15, -0.1) is 0 Å². The zero-order valence-electron chi connectivity index (χ0n) is 32.1. The number of urea groups is 1. The Hall–Kier alpha value is -6.10. The summed E-state index contributed by atoms with van der Waals surface area (Å²) in [5, 5.41) is 11.1. The van der Waals surface area contributed by atoms with Crippen molar-refractivity contribution < 1.29 is 32.4 Å². The van der Waals surface area contributed by atoms with Crippen LogP contribution in [0.4, 0.5) is 16.2 Å². The van der Waals surface area contributed by atoms with Crippen molar-refractivity contribution in [3.05, 3.63) is 125 Å². The summed E-state index contributed by atoms with van der Waals surface area (Å²) >= 11 is 0. The smallest absolute Gasteiger partial charge is 0.331 e. The fourth-order valence-electron chi connectivity index (χ4n) is 6.95. The molecule has 0 bridgehead atoms. The van der Waals surface area contributed by atoms with Gasteiger partial charge in [0.15, 0.2) is 0 Å². The van der Waals surface area contributed by atoms with Crippen molar-refractivity contribution in [2.75, 3.05) is 29.9 Å². The maximum absolute atomic E-state index is 13.7. The number of unbranched alkanes of at least 4 members (excludes halogenated alkanes) is 1. The predicted octanol–water partition coefficient (Wildman–Crippen LogP) is 2.97. The Morgan fingerprint density at radius 3 is 2.19 bits per heavy atom. The number of hydrogen-bond donors (Lipinski definition) is 6. The van der Waals surface area contributed by atoms with Crippen molar-refractivity contribution >= 4 is 51.1 Å². The number of carbonyl (C=O) groups is 5. The first kappa shape index (κ1) is 41.5. The Balaban J connectivity index is 1.10. The van der Waals surface area contributed by atoms with E-state index in [1.807, 2.05) is 60.7 Å². The molecule has 2 unspecified atom stereocenters. The number of amides is 6. The SMILES string of the molecule is CC(N)C(=O)NC(Cc1ccccc1)C(=O)N[C@H](CCCCN)C(=O)Nc1ccc(C(=O)N2CCc3cc(S(=O)(=O)N4C[C@H](c5ccccc5)NC4=O)ccc32)cc1. The third kappa shape index (κ3) is 9.70. The van der Waals surface area contributed by atoms with Crippen LogP contribution in [0.15, 0.2) is 108 Å². The van der Waals surface area contributed by atoms with Crippen LogP contribution in [0.2, 0.25) is 0 Å². The van der Waals surface area contributed by atoms with Crippen LogP contribution in [0.25, 0.3) is 0 Å². The highest BCUT2D eigenvalue weighted by Crippen LogP contribution is 2.34. The predicted molar refractivity (Wildman–Crippen MR) is 219 cm³/mol. The zero-order valence-corrected chi connectivity index (χ0v) is 32.9. The molecule has 6 rings (SSSR count). The molecule has 2 heterocycles. The molecule has 1 fully saturated rings. The van der Waals surface area contributed by atoms with Gasteiger partial charge >= 0.3 is 6.03 Å². The Morgan fingerprint density at radius 1 is 0.845 bits per heavy atom. The molecule has 15 nitrogen and oxygen atoms in total. The van der Waals surface area contributed by atoms with E-state index in [1.54, 1.807) is 35.2 Å². The average Bonchev–Trinajstić information content (AvgIpc) is 3.84. The minimum Gasteiger partial charge on any atom is -0.343 e. The lowest BCUT2D eigenvalue weighted by Crippen LogP contribution is -2.55. The second kappa shape index (κ2) is 18.4. The van der Waals surface area contributed by atoms with E-state index < -0.39 is 57.9 Å². The molecule has 0 aromatic heterocycles.